The second-order valence-electron chi connectivity index (χ2n) is 4.96. The van der Waals surface area contributed by atoms with E-state index in [4.69, 9.17) is 11.6 Å². The van der Waals surface area contributed by atoms with Crippen molar-refractivity contribution in [3.8, 4) is 0 Å². The van der Waals surface area contributed by atoms with E-state index in [1.807, 2.05) is 29.2 Å². The molecule has 2 aliphatic rings. The predicted molar refractivity (Wildman–Crippen MR) is 76.5 cm³/mol. The number of carbonyl (C=O) groups is 1. The zero-order valence-corrected chi connectivity index (χ0v) is 11.5. The number of nitrogens with zero attached hydrogens (tertiary/aromatic N) is 4. The molecular weight excluding hydrogens is 276 g/mol. The smallest absolute Gasteiger partial charge is 0.250 e. The minimum absolute atomic E-state index is 0.0552. The third kappa shape index (κ3) is 1.41. The Morgan fingerprint density at radius 3 is 2.95 bits per heavy atom. The number of aromatic nitrogens is 2. The van der Waals surface area contributed by atoms with Crippen molar-refractivity contribution in [3.05, 3.63) is 41.3 Å². The Morgan fingerprint density at radius 2 is 2.10 bits per heavy atom. The summed E-state index contributed by atoms with van der Waals surface area (Å²) in [5.74, 6) is 0.752. The Labute approximate surface area is 120 Å². The van der Waals surface area contributed by atoms with Gasteiger partial charge in [-0.25, -0.2) is 4.98 Å². The van der Waals surface area contributed by atoms with Gasteiger partial charge in [-0.1, -0.05) is 18.2 Å². The Balaban J connectivity index is 1.98. The van der Waals surface area contributed by atoms with Crippen LogP contribution in [0.3, 0.4) is 0 Å². The molecule has 100 valence electrons. The van der Waals surface area contributed by atoms with Crippen molar-refractivity contribution >= 4 is 34.7 Å². The van der Waals surface area contributed by atoms with Crippen molar-refractivity contribution in [2.24, 2.45) is 0 Å². The molecule has 1 unspecified atom stereocenters. The fraction of sp³-hybridized carbons (Fsp3) is 0.214. The lowest BCUT2D eigenvalue weighted by Crippen LogP contribution is -2.49. The van der Waals surface area contributed by atoms with Gasteiger partial charge in [0.15, 0.2) is 5.82 Å². The summed E-state index contributed by atoms with van der Waals surface area (Å²) >= 11 is 5.93. The average molecular weight is 287 g/mol. The lowest BCUT2D eigenvalue weighted by molar-refractivity contribution is -0.119. The summed E-state index contributed by atoms with van der Waals surface area (Å²) in [6, 6.07) is 7.76. The van der Waals surface area contributed by atoms with Crippen molar-refractivity contribution in [2.45, 2.75) is 12.5 Å². The standard InChI is InChI=1S/C14H11ClN4O/c1-18-11-7-16-14(15)17-12(11)19-9-5-3-2-4-8(9)6-10(19)13(18)20/h2-5,7,10H,6H2,1H3. The summed E-state index contributed by atoms with van der Waals surface area (Å²) in [5, 5.41) is 0.189. The molecule has 1 aromatic heterocycles. The topological polar surface area (TPSA) is 49.3 Å². The van der Waals surface area contributed by atoms with Crippen LogP contribution < -0.4 is 9.80 Å². The molecule has 4 rings (SSSR count). The maximum Gasteiger partial charge on any atom is 0.250 e. The zero-order valence-electron chi connectivity index (χ0n) is 10.7. The lowest BCUT2D eigenvalue weighted by atomic mass is 10.1. The summed E-state index contributed by atoms with van der Waals surface area (Å²) in [4.78, 5) is 24.4. The average Bonchev–Trinajstić information content (AvgIpc) is 2.84. The van der Waals surface area contributed by atoms with Gasteiger partial charge < -0.3 is 9.80 Å². The largest absolute Gasteiger partial charge is 0.311 e. The van der Waals surface area contributed by atoms with Crippen LogP contribution in [-0.4, -0.2) is 29.0 Å². The van der Waals surface area contributed by atoms with E-state index in [-0.39, 0.29) is 17.2 Å². The molecule has 2 aromatic rings. The SMILES string of the molecule is CN1C(=O)C2Cc3ccccc3N2c2nc(Cl)ncc21. The van der Waals surface area contributed by atoms with Crippen molar-refractivity contribution in [1.29, 1.82) is 0 Å². The number of rotatable bonds is 0. The first-order valence-corrected chi connectivity index (χ1v) is 6.72. The summed E-state index contributed by atoms with van der Waals surface area (Å²) in [5.41, 5.74) is 2.86. The zero-order chi connectivity index (χ0) is 13.9. The van der Waals surface area contributed by atoms with Gasteiger partial charge in [-0.15, -0.1) is 0 Å². The number of amides is 1. The molecule has 0 saturated carbocycles. The van der Waals surface area contributed by atoms with E-state index in [9.17, 15) is 4.79 Å². The fourth-order valence-electron chi connectivity index (χ4n) is 2.95. The highest BCUT2D eigenvalue weighted by atomic mass is 35.5. The van der Waals surface area contributed by atoms with Gasteiger partial charge in [0.05, 0.1) is 6.20 Å². The first kappa shape index (κ1) is 11.7. The summed E-state index contributed by atoms with van der Waals surface area (Å²) < 4.78 is 0. The Hall–Kier alpha value is -2.14. The maximum atomic E-state index is 12.5. The summed E-state index contributed by atoms with van der Waals surface area (Å²) in [6.45, 7) is 0. The fourth-order valence-corrected chi connectivity index (χ4v) is 3.08. The first-order valence-electron chi connectivity index (χ1n) is 6.34. The third-order valence-corrected chi connectivity index (χ3v) is 4.08. The van der Waals surface area contributed by atoms with E-state index in [2.05, 4.69) is 9.97 Å². The molecule has 1 amide bonds. The van der Waals surface area contributed by atoms with Gasteiger partial charge >= 0.3 is 0 Å². The second kappa shape index (κ2) is 3.93. The molecule has 3 heterocycles. The lowest BCUT2D eigenvalue weighted by Gasteiger charge is -2.36. The van der Waals surface area contributed by atoms with E-state index in [1.165, 1.54) is 0 Å². The monoisotopic (exact) mass is 286 g/mol. The third-order valence-electron chi connectivity index (χ3n) is 3.90. The predicted octanol–water partition coefficient (Wildman–Crippen LogP) is 2.17. The van der Waals surface area contributed by atoms with Crippen LogP contribution in [-0.2, 0) is 11.2 Å². The van der Waals surface area contributed by atoms with Crippen LogP contribution in [0.2, 0.25) is 5.28 Å². The molecule has 0 bridgehead atoms. The van der Waals surface area contributed by atoms with Gasteiger partial charge in [0, 0.05) is 19.2 Å². The highest BCUT2D eigenvalue weighted by Crippen LogP contribution is 2.45. The van der Waals surface area contributed by atoms with E-state index >= 15 is 0 Å². The quantitative estimate of drug-likeness (QED) is 0.697. The first-order chi connectivity index (χ1) is 9.66. The Kier molecular flexibility index (Phi) is 2.29. The highest BCUT2D eigenvalue weighted by molar-refractivity contribution is 6.28. The molecule has 2 aliphatic heterocycles. The number of hydrogen-bond donors (Lipinski definition) is 0. The number of para-hydroxylation sites is 1. The van der Waals surface area contributed by atoms with Gasteiger partial charge in [-0.05, 0) is 23.2 Å². The van der Waals surface area contributed by atoms with Crippen LogP contribution in [0.5, 0.6) is 0 Å². The molecule has 0 N–H and O–H groups in total. The van der Waals surface area contributed by atoms with E-state index in [1.54, 1.807) is 18.1 Å². The van der Waals surface area contributed by atoms with Crippen molar-refractivity contribution < 1.29 is 4.79 Å². The van der Waals surface area contributed by atoms with Crippen molar-refractivity contribution in [2.75, 3.05) is 16.8 Å². The van der Waals surface area contributed by atoms with Crippen LogP contribution in [0, 0.1) is 0 Å². The number of benzene rings is 1. The number of hydrogen-bond acceptors (Lipinski definition) is 4. The molecule has 0 spiro atoms. The van der Waals surface area contributed by atoms with E-state index in [0.717, 1.165) is 11.3 Å². The Bertz CT molecular complexity index is 733. The van der Waals surface area contributed by atoms with Crippen molar-refractivity contribution in [1.82, 2.24) is 9.97 Å². The molecule has 5 nitrogen and oxygen atoms in total. The molecular formula is C14H11ClN4O. The van der Waals surface area contributed by atoms with Crippen LogP contribution in [0.15, 0.2) is 30.5 Å². The molecule has 0 aliphatic carbocycles. The summed E-state index contributed by atoms with van der Waals surface area (Å²) in [7, 11) is 1.75. The number of halogens is 1. The molecule has 1 atom stereocenters. The molecule has 0 saturated heterocycles. The normalized spacial score (nSPS) is 19.7. The minimum atomic E-state index is -0.240. The van der Waals surface area contributed by atoms with E-state index in [0.29, 0.717) is 17.9 Å². The van der Waals surface area contributed by atoms with Crippen molar-refractivity contribution in [3.63, 3.8) is 0 Å². The van der Waals surface area contributed by atoms with Crippen LogP contribution in [0.25, 0.3) is 0 Å². The van der Waals surface area contributed by atoms with E-state index < -0.39 is 0 Å². The summed E-state index contributed by atoms with van der Waals surface area (Å²) in [6.07, 6.45) is 2.29. The van der Waals surface area contributed by atoms with Gasteiger partial charge in [-0.3, -0.25) is 4.79 Å². The van der Waals surface area contributed by atoms with Gasteiger partial charge in [0.1, 0.15) is 11.7 Å². The molecule has 1 aromatic carbocycles. The number of anilines is 3. The van der Waals surface area contributed by atoms with Gasteiger partial charge in [0.25, 0.3) is 0 Å². The maximum absolute atomic E-state index is 12.5. The van der Waals surface area contributed by atoms with Crippen LogP contribution in [0.1, 0.15) is 5.56 Å². The Morgan fingerprint density at radius 1 is 1.30 bits per heavy atom. The number of fused-ring (bicyclic) bond motifs is 5. The van der Waals surface area contributed by atoms with Crippen LogP contribution >= 0.6 is 11.6 Å². The number of likely N-dealkylation sites (N-methyl/N-ethyl adjacent to an activating group) is 1. The number of carbonyl (C=O) groups excluding carboxylic acids is 1. The molecule has 0 fully saturated rings. The molecule has 20 heavy (non-hydrogen) atoms. The van der Waals surface area contributed by atoms with Crippen LogP contribution in [0.4, 0.5) is 17.2 Å². The second-order valence-corrected chi connectivity index (χ2v) is 5.30. The minimum Gasteiger partial charge on any atom is -0.311 e. The van der Waals surface area contributed by atoms with Gasteiger partial charge in [0.2, 0.25) is 11.2 Å². The highest BCUT2D eigenvalue weighted by Gasteiger charge is 2.43. The molecule has 6 heteroatoms. The molecule has 0 radical (unpaired) electrons. The van der Waals surface area contributed by atoms with Gasteiger partial charge in [-0.2, -0.15) is 4.98 Å².